The van der Waals surface area contributed by atoms with Crippen LogP contribution in [0.1, 0.15) is 12.0 Å². The molecule has 0 unspecified atom stereocenters. The summed E-state index contributed by atoms with van der Waals surface area (Å²) in [5, 5.41) is 0. The molecule has 0 radical (unpaired) electrons. The van der Waals surface area contributed by atoms with Gasteiger partial charge in [-0.05, 0) is 37.3 Å². The summed E-state index contributed by atoms with van der Waals surface area (Å²) >= 11 is 1.78. The second-order valence-electron chi connectivity index (χ2n) is 2.98. The molecular weight excluding hydrogens is 180 g/mol. The number of para-hydroxylation sites is 1. The van der Waals surface area contributed by atoms with E-state index >= 15 is 0 Å². The van der Waals surface area contributed by atoms with Gasteiger partial charge >= 0.3 is 0 Å². The fourth-order valence-electron chi connectivity index (χ4n) is 1.05. The number of nitrogen functional groups attached to an aromatic ring is 1. The van der Waals surface area contributed by atoms with Crippen LogP contribution in [0.4, 0.5) is 5.69 Å². The van der Waals surface area contributed by atoms with Crippen molar-refractivity contribution in [2.24, 2.45) is 5.73 Å². The lowest BCUT2D eigenvalue weighted by Crippen LogP contribution is -2.00. The quantitative estimate of drug-likeness (QED) is 0.440. The Labute approximate surface area is 83.7 Å². The first-order chi connectivity index (χ1) is 6.25. The molecule has 0 aromatic heterocycles. The molecule has 0 spiro atoms. The summed E-state index contributed by atoms with van der Waals surface area (Å²) in [4.78, 5) is 1.17. The molecule has 0 atom stereocenters. The van der Waals surface area contributed by atoms with E-state index in [2.05, 4.69) is 6.07 Å². The van der Waals surface area contributed by atoms with Gasteiger partial charge in [0.25, 0.3) is 0 Å². The second kappa shape index (κ2) is 5.14. The molecule has 4 N–H and O–H groups in total. The van der Waals surface area contributed by atoms with E-state index in [1.54, 1.807) is 11.8 Å². The molecule has 0 saturated heterocycles. The zero-order valence-corrected chi connectivity index (χ0v) is 8.73. The Balaban J connectivity index is 2.61. The van der Waals surface area contributed by atoms with E-state index in [-0.39, 0.29) is 0 Å². The predicted molar refractivity (Wildman–Crippen MR) is 60.0 cm³/mol. The van der Waals surface area contributed by atoms with E-state index < -0.39 is 0 Å². The minimum absolute atomic E-state index is 0.749. The van der Waals surface area contributed by atoms with Gasteiger partial charge in [-0.1, -0.05) is 12.1 Å². The minimum Gasteiger partial charge on any atom is -0.398 e. The molecular formula is C10H16N2S. The topological polar surface area (TPSA) is 52.0 Å². The number of benzene rings is 1. The first-order valence-corrected chi connectivity index (χ1v) is 5.42. The van der Waals surface area contributed by atoms with Gasteiger partial charge in [0.1, 0.15) is 0 Å². The van der Waals surface area contributed by atoms with Gasteiger partial charge in [0.2, 0.25) is 0 Å². The molecule has 0 amide bonds. The molecule has 13 heavy (non-hydrogen) atoms. The van der Waals surface area contributed by atoms with Crippen LogP contribution in [0.5, 0.6) is 0 Å². The highest BCUT2D eigenvalue weighted by Gasteiger charge is 2.00. The Kier molecular flexibility index (Phi) is 4.12. The van der Waals surface area contributed by atoms with Crippen LogP contribution in [0.3, 0.4) is 0 Å². The number of hydrogen-bond donors (Lipinski definition) is 2. The Morgan fingerprint density at radius 2 is 2.15 bits per heavy atom. The van der Waals surface area contributed by atoms with Crippen molar-refractivity contribution < 1.29 is 0 Å². The Bertz CT molecular complexity index is 274. The summed E-state index contributed by atoms with van der Waals surface area (Å²) in [6.07, 6.45) is 1.04. The number of aryl methyl sites for hydroxylation is 1. The van der Waals surface area contributed by atoms with Crippen LogP contribution in [-0.4, -0.2) is 12.3 Å². The average Bonchev–Trinajstić information content (AvgIpc) is 2.13. The Morgan fingerprint density at radius 1 is 1.38 bits per heavy atom. The minimum atomic E-state index is 0.749. The highest BCUT2D eigenvalue weighted by Crippen LogP contribution is 2.27. The third kappa shape index (κ3) is 2.94. The molecule has 0 aliphatic rings. The van der Waals surface area contributed by atoms with Gasteiger partial charge in [-0.3, -0.25) is 0 Å². The molecule has 0 saturated carbocycles. The second-order valence-corrected chi connectivity index (χ2v) is 4.11. The summed E-state index contributed by atoms with van der Waals surface area (Å²) in [7, 11) is 0. The molecule has 0 aliphatic carbocycles. The first-order valence-electron chi connectivity index (χ1n) is 4.43. The molecule has 3 heteroatoms. The molecule has 72 valence electrons. The molecule has 0 aliphatic heterocycles. The number of rotatable bonds is 4. The van der Waals surface area contributed by atoms with E-state index in [0.717, 1.165) is 30.0 Å². The lowest BCUT2D eigenvalue weighted by molar-refractivity contribution is 0.943. The largest absolute Gasteiger partial charge is 0.398 e. The predicted octanol–water partition coefficient (Wildman–Crippen LogP) is 2.02. The summed E-state index contributed by atoms with van der Waals surface area (Å²) in [6.45, 7) is 2.78. The van der Waals surface area contributed by atoms with E-state index in [9.17, 15) is 0 Å². The van der Waals surface area contributed by atoms with E-state index in [1.807, 2.05) is 19.1 Å². The number of thioether (sulfide) groups is 1. The van der Waals surface area contributed by atoms with Crippen molar-refractivity contribution in [3.8, 4) is 0 Å². The van der Waals surface area contributed by atoms with Crippen molar-refractivity contribution >= 4 is 17.4 Å². The van der Waals surface area contributed by atoms with E-state index in [1.165, 1.54) is 4.90 Å². The molecule has 0 heterocycles. The van der Waals surface area contributed by atoms with Crippen LogP contribution in [0.25, 0.3) is 0 Å². The Morgan fingerprint density at radius 3 is 2.85 bits per heavy atom. The average molecular weight is 196 g/mol. The number of anilines is 1. The third-order valence-corrected chi connectivity index (χ3v) is 3.05. The highest BCUT2D eigenvalue weighted by molar-refractivity contribution is 7.99. The molecule has 0 bridgehead atoms. The van der Waals surface area contributed by atoms with Crippen molar-refractivity contribution in [1.29, 1.82) is 0 Å². The van der Waals surface area contributed by atoms with Crippen LogP contribution in [0, 0.1) is 6.92 Å². The smallest absolute Gasteiger partial charge is 0.0481 e. The van der Waals surface area contributed by atoms with Gasteiger partial charge in [-0.25, -0.2) is 0 Å². The maximum atomic E-state index is 5.91. The van der Waals surface area contributed by atoms with Crippen molar-refractivity contribution in [3.63, 3.8) is 0 Å². The summed E-state index contributed by atoms with van der Waals surface area (Å²) in [6, 6.07) is 6.13. The van der Waals surface area contributed by atoms with Gasteiger partial charge in [-0.15, -0.1) is 11.8 Å². The first kappa shape index (κ1) is 10.4. The molecule has 0 fully saturated rings. The lowest BCUT2D eigenvalue weighted by atomic mass is 10.2. The van der Waals surface area contributed by atoms with Crippen molar-refractivity contribution in [1.82, 2.24) is 0 Å². The maximum Gasteiger partial charge on any atom is 0.0481 e. The van der Waals surface area contributed by atoms with Crippen LogP contribution >= 0.6 is 11.8 Å². The van der Waals surface area contributed by atoms with Crippen LogP contribution in [0.2, 0.25) is 0 Å². The molecule has 1 rings (SSSR count). The highest BCUT2D eigenvalue weighted by atomic mass is 32.2. The number of hydrogen-bond acceptors (Lipinski definition) is 3. The summed E-state index contributed by atoms with van der Waals surface area (Å²) in [5.41, 5.74) is 13.4. The maximum absolute atomic E-state index is 5.91. The standard InChI is InChI=1S/C10H16N2S/c1-8-4-2-5-9(10(8)12)13-7-3-6-11/h2,4-5H,3,6-7,11-12H2,1H3. The van der Waals surface area contributed by atoms with Gasteiger partial charge in [0, 0.05) is 10.6 Å². The van der Waals surface area contributed by atoms with Gasteiger partial charge in [0.15, 0.2) is 0 Å². The number of nitrogens with two attached hydrogens (primary N) is 2. The van der Waals surface area contributed by atoms with Gasteiger partial charge in [-0.2, -0.15) is 0 Å². The SMILES string of the molecule is Cc1cccc(SCCCN)c1N. The molecule has 1 aromatic rings. The van der Waals surface area contributed by atoms with E-state index in [0.29, 0.717) is 0 Å². The summed E-state index contributed by atoms with van der Waals surface area (Å²) < 4.78 is 0. The van der Waals surface area contributed by atoms with Gasteiger partial charge in [0.05, 0.1) is 0 Å². The fraction of sp³-hybridized carbons (Fsp3) is 0.400. The fourth-order valence-corrected chi connectivity index (χ4v) is 2.07. The van der Waals surface area contributed by atoms with Crippen LogP contribution in [0.15, 0.2) is 23.1 Å². The monoisotopic (exact) mass is 196 g/mol. The Hall–Kier alpha value is -0.670. The normalized spacial score (nSPS) is 10.3. The molecule has 2 nitrogen and oxygen atoms in total. The van der Waals surface area contributed by atoms with Crippen molar-refractivity contribution in [2.75, 3.05) is 18.0 Å². The lowest BCUT2D eigenvalue weighted by Gasteiger charge is -2.06. The zero-order valence-electron chi connectivity index (χ0n) is 7.92. The van der Waals surface area contributed by atoms with Crippen molar-refractivity contribution in [3.05, 3.63) is 23.8 Å². The molecule has 1 aromatic carbocycles. The van der Waals surface area contributed by atoms with Crippen LogP contribution < -0.4 is 11.5 Å². The third-order valence-electron chi connectivity index (χ3n) is 1.89. The van der Waals surface area contributed by atoms with E-state index in [4.69, 9.17) is 11.5 Å². The van der Waals surface area contributed by atoms with Gasteiger partial charge < -0.3 is 11.5 Å². The van der Waals surface area contributed by atoms with Crippen LogP contribution in [-0.2, 0) is 0 Å². The van der Waals surface area contributed by atoms with Crippen molar-refractivity contribution in [2.45, 2.75) is 18.2 Å². The summed E-state index contributed by atoms with van der Waals surface area (Å²) in [5.74, 6) is 1.05. The zero-order chi connectivity index (χ0) is 9.68.